The van der Waals surface area contributed by atoms with E-state index in [0.29, 0.717) is 12.1 Å². The van der Waals surface area contributed by atoms with Crippen LogP contribution in [0.4, 0.5) is 10.5 Å². The first-order chi connectivity index (χ1) is 8.65. The SMILES string of the molecule is CN(C(=O)O)N(C=O)c1cccc2ccccc12. The van der Waals surface area contributed by atoms with Gasteiger partial charge in [-0.1, -0.05) is 36.4 Å². The van der Waals surface area contributed by atoms with Crippen LogP contribution in [0, 0.1) is 0 Å². The number of hydrazine groups is 1. The number of carbonyl (C=O) groups excluding carboxylic acids is 1. The predicted molar refractivity (Wildman–Crippen MR) is 68.3 cm³/mol. The third kappa shape index (κ3) is 1.98. The minimum atomic E-state index is -1.20. The van der Waals surface area contributed by atoms with E-state index in [0.717, 1.165) is 20.8 Å². The van der Waals surface area contributed by atoms with Gasteiger partial charge in [0.05, 0.1) is 5.69 Å². The van der Waals surface area contributed by atoms with Crippen molar-refractivity contribution in [3.05, 3.63) is 42.5 Å². The maximum Gasteiger partial charge on any atom is 0.426 e. The summed E-state index contributed by atoms with van der Waals surface area (Å²) < 4.78 is 0. The van der Waals surface area contributed by atoms with Gasteiger partial charge in [-0.05, 0) is 11.5 Å². The lowest BCUT2D eigenvalue weighted by atomic mass is 10.1. The van der Waals surface area contributed by atoms with Crippen molar-refractivity contribution in [1.82, 2.24) is 5.01 Å². The molecule has 18 heavy (non-hydrogen) atoms. The van der Waals surface area contributed by atoms with Crippen LogP contribution in [-0.4, -0.2) is 29.7 Å². The van der Waals surface area contributed by atoms with Crippen LogP contribution in [0.1, 0.15) is 0 Å². The summed E-state index contributed by atoms with van der Waals surface area (Å²) >= 11 is 0. The van der Waals surface area contributed by atoms with E-state index in [1.54, 1.807) is 12.1 Å². The monoisotopic (exact) mass is 244 g/mol. The second-order valence-corrected chi connectivity index (χ2v) is 3.75. The van der Waals surface area contributed by atoms with Crippen molar-refractivity contribution in [2.75, 3.05) is 12.1 Å². The molecule has 2 aromatic carbocycles. The van der Waals surface area contributed by atoms with Gasteiger partial charge in [0.25, 0.3) is 0 Å². The number of benzene rings is 2. The molecule has 5 heteroatoms. The van der Waals surface area contributed by atoms with E-state index >= 15 is 0 Å². The molecule has 0 heterocycles. The van der Waals surface area contributed by atoms with Crippen molar-refractivity contribution in [3.8, 4) is 0 Å². The molecule has 0 spiro atoms. The van der Waals surface area contributed by atoms with E-state index in [1.807, 2.05) is 30.3 Å². The van der Waals surface area contributed by atoms with Gasteiger partial charge in [0.2, 0.25) is 6.41 Å². The molecule has 0 atom stereocenters. The Bertz CT molecular complexity index is 592. The Morgan fingerprint density at radius 3 is 2.50 bits per heavy atom. The normalized spacial score (nSPS) is 10.1. The van der Waals surface area contributed by atoms with Crippen molar-refractivity contribution in [1.29, 1.82) is 0 Å². The summed E-state index contributed by atoms with van der Waals surface area (Å²) in [6.07, 6.45) is -0.717. The zero-order valence-corrected chi connectivity index (χ0v) is 9.78. The van der Waals surface area contributed by atoms with Crippen molar-refractivity contribution < 1.29 is 14.7 Å². The first-order valence-electron chi connectivity index (χ1n) is 5.34. The molecule has 92 valence electrons. The molecule has 0 aliphatic carbocycles. The molecule has 2 rings (SSSR count). The van der Waals surface area contributed by atoms with Gasteiger partial charge in [0.1, 0.15) is 0 Å². The zero-order chi connectivity index (χ0) is 13.1. The minimum Gasteiger partial charge on any atom is -0.464 e. The van der Waals surface area contributed by atoms with Gasteiger partial charge in [0, 0.05) is 12.4 Å². The van der Waals surface area contributed by atoms with Gasteiger partial charge >= 0.3 is 6.09 Å². The van der Waals surface area contributed by atoms with E-state index < -0.39 is 6.09 Å². The van der Waals surface area contributed by atoms with Crippen LogP contribution in [0.15, 0.2) is 42.5 Å². The molecule has 0 fully saturated rings. The molecular formula is C13H12N2O3. The number of carboxylic acid groups (broad SMARTS) is 1. The summed E-state index contributed by atoms with van der Waals surface area (Å²) in [6, 6.07) is 12.9. The summed E-state index contributed by atoms with van der Waals surface area (Å²) in [5, 5.41) is 12.6. The molecule has 5 nitrogen and oxygen atoms in total. The summed E-state index contributed by atoms with van der Waals surface area (Å²) in [4.78, 5) is 22.1. The third-order valence-electron chi connectivity index (χ3n) is 2.71. The van der Waals surface area contributed by atoms with Crippen LogP contribution in [0.5, 0.6) is 0 Å². The van der Waals surface area contributed by atoms with Gasteiger partial charge in [-0.25, -0.2) is 14.8 Å². The van der Waals surface area contributed by atoms with Gasteiger partial charge in [-0.2, -0.15) is 0 Å². The van der Waals surface area contributed by atoms with Crippen LogP contribution in [0.25, 0.3) is 10.8 Å². The van der Waals surface area contributed by atoms with Crippen molar-refractivity contribution in [3.63, 3.8) is 0 Å². The standard InChI is InChI=1S/C13H12N2O3/c1-14(13(17)18)15(9-16)12-8-4-6-10-5-2-3-7-11(10)12/h2-9H,1H3,(H,17,18). The molecule has 0 aliphatic heterocycles. The molecule has 1 N–H and O–H groups in total. The lowest BCUT2D eigenvalue weighted by Gasteiger charge is -2.26. The second-order valence-electron chi connectivity index (χ2n) is 3.75. The first-order valence-corrected chi connectivity index (χ1v) is 5.34. The largest absolute Gasteiger partial charge is 0.464 e. The van der Waals surface area contributed by atoms with Gasteiger partial charge < -0.3 is 5.11 Å². The Morgan fingerprint density at radius 1 is 1.17 bits per heavy atom. The Hall–Kier alpha value is -2.56. The van der Waals surface area contributed by atoms with Crippen LogP contribution in [-0.2, 0) is 4.79 Å². The number of carbonyl (C=O) groups is 2. The molecule has 0 aliphatic rings. The molecule has 0 saturated carbocycles. The van der Waals surface area contributed by atoms with Crippen LogP contribution in [0.2, 0.25) is 0 Å². The Morgan fingerprint density at radius 2 is 1.83 bits per heavy atom. The number of hydrogen-bond donors (Lipinski definition) is 1. The van der Waals surface area contributed by atoms with Gasteiger partial charge in [-0.15, -0.1) is 0 Å². The van der Waals surface area contributed by atoms with Crippen molar-refractivity contribution in [2.24, 2.45) is 0 Å². The fourth-order valence-corrected chi connectivity index (χ4v) is 1.79. The lowest BCUT2D eigenvalue weighted by molar-refractivity contribution is -0.109. The molecule has 0 saturated heterocycles. The molecule has 0 bridgehead atoms. The fourth-order valence-electron chi connectivity index (χ4n) is 1.79. The highest BCUT2D eigenvalue weighted by molar-refractivity contribution is 5.99. The Balaban J connectivity index is 2.58. The number of fused-ring (bicyclic) bond motifs is 1. The summed E-state index contributed by atoms with van der Waals surface area (Å²) in [5.74, 6) is 0. The number of nitrogens with zero attached hydrogens (tertiary/aromatic N) is 2. The van der Waals surface area contributed by atoms with Crippen molar-refractivity contribution in [2.45, 2.75) is 0 Å². The number of amides is 2. The average molecular weight is 244 g/mol. The number of hydrogen-bond acceptors (Lipinski definition) is 2. The van der Waals surface area contributed by atoms with Gasteiger partial charge in [-0.3, -0.25) is 4.79 Å². The zero-order valence-electron chi connectivity index (χ0n) is 9.78. The third-order valence-corrected chi connectivity index (χ3v) is 2.71. The summed E-state index contributed by atoms with van der Waals surface area (Å²) in [6.45, 7) is 0. The topological polar surface area (TPSA) is 60.9 Å². The Labute approximate surface area is 104 Å². The smallest absolute Gasteiger partial charge is 0.426 e. The quantitative estimate of drug-likeness (QED) is 0.665. The first kappa shape index (κ1) is 11.9. The minimum absolute atomic E-state index is 0.482. The van der Waals surface area contributed by atoms with E-state index in [2.05, 4.69) is 0 Å². The number of anilines is 1. The van der Waals surface area contributed by atoms with Crippen LogP contribution in [0.3, 0.4) is 0 Å². The molecule has 2 aromatic rings. The van der Waals surface area contributed by atoms with Crippen LogP contribution >= 0.6 is 0 Å². The van der Waals surface area contributed by atoms with E-state index in [4.69, 9.17) is 5.11 Å². The average Bonchev–Trinajstić information content (AvgIpc) is 2.39. The predicted octanol–water partition coefficient (Wildman–Crippen LogP) is 2.33. The Kier molecular flexibility index (Phi) is 3.14. The highest BCUT2D eigenvalue weighted by Gasteiger charge is 2.17. The molecular weight excluding hydrogens is 232 g/mol. The maximum absolute atomic E-state index is 11.1. The highest BCUT2D eigenvalue weighted by Crippen LogP contribution is 2.26. The molecule has 2 amide bonds. The van der Waals surface area contributed by atoms with E-state index in [9.17, 15) is 9.59 Å². The van der Waals surface area contributed by atoms with E-state index in [-0.39, 0.29) is 0 Å². The van der Waals surface area contributed by atoms with E-state index in [1.165, 1.54) is 7.05 Å². The summed E-state index contributed by atoms with van der Waals surface area (Å²) in [5.41, 5.74) is 0.535. The highest BCUT2D eigenvalue weighted by atomic mass is 16.4. The van der Waals surface area contributed by atoms with Crippen LogP contribution < -0.4 is 5.01 Å². The molecule has 0 aromatic heterocycles. The molecule has 0 radical (unpaired) electrons. The molecule has 0 unspecified atom stereocenters. The summed E-state index contributed by atoms with van der Waals surface area (Å²) in [7, 11) is 1.32. The fraction of sp³-hybridized carbons (Fsp3) is 0.0769. The maximum atomic E-state index is 11.1. The van der Waals surface area contributed by atoms with Crippen molar-refractivity contribution >= 4 is 29.0 Å². The second kappa shape index (κ2) is 4.75. The van der Waals surface area contributed by atoms with Gasteiger partial charge in [0.15, 0.2) is 0 Å². The lowest BCUT2D eigenvalue weighted by Crippen LogP contribution is -2.42. The number of rotatable bonds is 3.